The first-order chi connectivity index (χ1) is 16.5. The maximum Gasteiger partial charge on any atom is 0.353 e. The molecule has 18 heteroatoms. The van der Waals surface area contributed by atoms with Crippen LogP contribution in [0.5, 0.6) is 0 Å². The molecule has 12 nitrogen and oxygen atoms in total. The third-order valence-electron chi connectivity index (χ3n) is 4.83. The summed E-state index contributed by atoms with van der Waals surface area (Å²) in [6.45, 7) is 0. The SMILES string of the molecule is Nc1nc(/C(=N/O)C(=O)N[C@@H]2C(=O)N3C(C(=O)O)=C(SCC(F)(F)c4csc(N)n4)CS[C@H]23)cs1. The van der Waals surface area contributed by atoms with Gasteiger partial charge in [0, 0.05) is 21.4 Å². The molecular weight excluding hydrogens is 548 g/mol. The van der Waals surface area contributed by atoms with Crippen molar-refractivity contribution < 1.29 is 33.5 Å². The summed E-state index contributed by atoms with van der Waals surface area (Å²) in [7, 11) is 0. The van der Waals surface area contributed by atoms with Crippen LogP contribution in [0.1, 0.15) is 11.4 Å². The van der Waals surface area contributed by atoms with E-state index >= 15 is 0 Å². The number of β-lactam (4-membered cyclic amide) rings is 1. The van der Waals surface area contributed by atoms with Gasteiger partial charge in [0.1, 0.15) is 28.5 Å². The number of carboxylic acids is 1. The lowest BCUT2D eigenvalue weighted by molar-refractivity contribution is -0.150. The van der Waals surface area contributed by atoms with Gasteiger partial charge in [-0.3, -0.25) is 14.5 Å². The highest BCUT2D eigenvalue weighted by molar-refractivity contribution is 8.06. The number of nitrogen functional groups attached to an aromatic ring is 2. The number of amides is 2. The van der Waals surface area contributed by atoms with Gasteiger partial charge in [-0.1, -0.05) is 5.16 Å². The van der Waals surface area contributed by atoms with Crippen LogP contribution in [-0.2, 0) is 20.3 Å². The number of thiazole rings is 2. The lowest BCUT2D eigenvalue weighted by Crippen LogP contribution is -2.71. The zero-order chi connectivity index (χ0) is 25.5. The summed E-state index contributed by atoms with van der Waals surface area (Å²) in [4.78, 5) is 45.7. The molecule has 186 valence electrons. The second kappa shape index (κ2) is 9.59. The first-order valence-electron chi connectivity index (χ1n) is 9.41. The number of halogens is 2. The van der Waals surface area contributed by atoms with Crippen molar-refractivity contribution in [2.45, 2.75) is 17.3 Å². The fraction of sp³-hybridized carbons (Fsp3) is 0.294. The summed E-state index contributed by atoms with van der Waals surface area (Å²) in [5, 5.41) is 26.1. The van der Waals surface area contributed by atoms with Crippen molar-refractivity contribution in [3.05, 3.63) is 32.8 Å². The van der Waals surface area contributed by atoms with Gasteiger partial charge in [0.25, 0.3) is 17.7 Å². The maximum atomic E-state index is 14.5. The molecular formula is C17H15F2N7O5S4. The van der Waals surface area contributed by atoms with Gasteiger partial charge in [0.05, 0.1) is 5.75 Å². The molecule has 0 aliphatic carbocycles. The summed E-state index contributed by atoms with van der Waals surface area (Å²) >= 11 is 3.58. The number of alkyl halides is 2. The van der Waals surface area contributed by atoms with Gasteiger partial charge in [-0.15, -0.1) is 46.2 Å². The summed E-state index contributed by atoms with van der Waals surface area (Å²) in [5.41, 5.74) is 9.52. The zero-order valence-electron chi connectivity index (χ0n) is 17.2. The van der Waals surface area contributed by atoms with E-state index < -0.39 is 58.0 Å². The second-order valence-electron chi connectivity index (χ2n) is 7.02. The number of rotatable bonds is 8. The summed E-state index contributed by atoms with van der Waals surface area (Å²) in [5.74, 6) is -7.28. The Bertz CT molecular complexity index is 1260. The molecule has 0 aromatic carbocycles. The monoisotopic (exact) mass is 563 g/mol. The number of carbonyl (C=O) groups excluding carboxylic acids is 2. The minimum Gasteiger partial charge on any atom is -0.477 e. The number of oxime groups is 1. The number of thioether (sulfide) groups is 2. The number of nitrogens with one attached hydrogen (secondary N) is 1. The van der Waals surface area contributed by atoms with Crippen molar-refractivity contribution >= 4 is 80.0 Å². The summed E-state index contributed by atoms with van der Waals surface area (Å²) in [6.07, 6.45) is 0. The van der Waals surface area contributed by atoms with E-state index in [-0.39, 0.29) is 26.6 Å². The molecule has 4 heterocycles. The third kappa shape index (κ3) is 4.78. The third-order valence-corrected chi connectivity index (χ3v) is 8.83. The Morgan fingerprint density at radius 1 is 1.29 bits per heavy atom. The number of nitrogens with two attached hydrogens (primary N) is 2. The van der Waals surface area contributed by atoms with Crippen LogP contribution in [0.2, 0.25) is 0 Å². The molecule has 2 aromatic rings. The number of fused-ring (bicyclic) bond motifs is 1. The van der Waals surface area contributed by atoms with Crippen LogP contribution in [0.25, 0.3) is 0 Å². The molecule has 0 unspecified atom stereocenters. The van der Waals surface area contributed by atoms with E-state index in [1.54, 1.807) is 0 Å². The van der Waals surface area contributed by atoms with Crippen molar-refractivity contribution in [1.29, 1.82) is 0 Å². The highest BCUT2D eigenvalue weighted by Crippen LogP contribution is 2.45. The van der Waals surface area contributed by atoms with E-state index in [2.05, 4.69) is 20.4 Å². The van der Waals surface area contributed by atoms with Crippen LogP contribution in [0.3, 0.4) is 0 Å². The number of nitrogens with zero attached hydrogens (tertiary/aromatic N) is 4. The van der Waals surface area contributed by atoms with Gasteiger partial charge < -0.3 is 27.1 Å². The van der Waals surface area contributed by atoms with Crippen LogP contribution in [0, 0.1) is 0 Å². The Hall–Kier alpha value is -2.96. The van der Waals surface area contributed by atoms with E-state index in [4.69, 9.17) is 11.5 Å². The Labute approximate surface area is 211 Å². The number of carboxylic acid groups (broad SMARTS) is 1. The van der Waals surface area contributed by atoms with Crippen molar-refractivity contribution in [2.75, 3.05) is 23.0 Å². The van der Waals surface area contributed by atoms with Crippen molar-refractivity contribution in [2.24, 2.45) is 5.16 Å². The number of carbonyl (C=O) groups is 3. The topological polar surface area (TPSA) is 197 Å². The van der Waals surface area contributed by atoms with Crippen LogP contribution in [0.4, 0.5) is 19.0 Å². The molecule has 2 atom stereocenters. The highest BCUT2D eigenvalue weighted by atomic mass is 32.2. The fourth-order valence-electron chi connectivity index (χ4n) is 3.23. The molecule has 1 fully saturated rings. The lowest BCUT2D eigenvalue weighted by atomic mass is 10.0. The summed E-state index contributed by atoms with van der Waals surface area (Å²) in [6, 6.07) is -1.12. The highest BCUT2D eigenvalue weighted by Gasteiger charge is 2.55. The number of aromatic nitrogens is 2. The average Bonchev–Trinajstić information content (AvgIpc) is 3.44. The molecule has 0 spiro atoms. The van der Waals surface area contributed by atoms with Crippen LogP contribution < -0.4 is 16.8 Å². The zero-order valence-corrected chi connectivity index (χ0v) is 20.4. The minimum absolute atomic E-state index is 0.0000273. The average molecular weight is 564 g/mol. The molecule has 2 aliphatic rings. The van der Waals surface area contributed by atoms with Crippen molar-refractivity contribution in [1.82, 2.24) is 20.2 Å². The minimum atomic E-state index is -3.37. The summed E-state index contributed by atoms with van der Waals surface area (Å²) < 4.78 is 29.0. The van der Waals surface area contributed by atoms with Crippen LogP contribution in [-0.4, -0.2) is 71.6 Å². The van der Waals surface area contributed by atoms with Gasteiger partial charge in [-0.25, -0.2) is 14.8 Å². The number of aliphatic carboxylic acids is 1. The smallest absolute Gasteiger partial charge is 0.353 e. The Kier molecular flexibility index (Phi) is 6.89. The molecule has 35 heavy (non-hydrogen) atoms. The first-order valence-corrected chi connectivity index (χ1v) is 13.2. The molecule has 0 bridgehead atoms. The molecule has 2 aromatic heterocycles. The predicted molar refractivity (Wildman–Crippen MR) is 127 cm³/mol. The van der Waals surface area contributed by atoms with E-state index in [0.717, 1.165) is 44.7 Å². The fourth-order valence-corrected chi connectivity index (χ4v) is 6.94. The number of anilines is 2. The van der Waals surface area contributed by atoms with Gasteiger partial charge in [0.15, 0.2) is 16.0 Å². The van der Waals surface area contributed by atoms with Gasteiger partial charge in [-0.2, -0.15) is 8.78 Å². The second-order valence-corrected chi connectivity index (χ2v) is 11.0. The lowest BCUT2D eigenvalue weighted by Gasteiger charge is -2.49. The molecule has 7 N–H and O–H groups in total. The van der Waals surface area contributed by atoms with Crippen molar-refractivity contribution in [3.8, 4) is 0 Å². The quantitative estimate of drug-likeness (QED) is 0.134. The van der Waals surface area contributed by atoms with E-state index in [1.165, 1.54) is 5.38 Å². The Balaban J connectivity index is 1.48. The largest absolute Gasteiger partial charge is 0.477 e. The first kappa shape index (κ1) is 25.1. The number of hydrogen-bond acceptors (Lipinski definition) is 13. The van der Waals surface area contributed by atoms with E-state index in [1.807, 2.05) is 0 Å². The molecule has 2 aliphatic heterocycles. The molecule has 0 saturated carbocycles. The van der Waals surface area contributed by atoms with Crippen LogP contribution >= 0.6 is 46.2 Å². The Morgan fingerprint density at radius 3 is 2.54 bits per heavy atom. The Morgan fingerprint density at radius 2 is 1.97 bits per heavy atom. The van der Waals surface area contributed by atoms with E-state index in [0.29, 0.717) is 11.8 Å². The molecule has 4 rings (SSSR count). The predicted octanol–water partition coefficient (Wildman–Crippen LogP) is 1.16. The van der Waals surface area contributed by atoms with Gasteiger partial charge in [0.2, 0.25) is 0 Å². The molecule has 1 saturated heterocycles. The normalized spacial score (nSPS) is 20.5. The number of hydrogen-bond donors (Lipinski definition) is 5. The van der Waals surface area contributed by atoms with Gasteiger partial charge >= 0.3 is 5.97 Å². The molecule has 2 amide bonds. The standard InChI is InChI=1S/C17H15F2N7O5S4/c18-17(19,7-3-34-16(21)23-7)4-35-6-2-32-13-9(12(28)26(13)10(6)14(29)30)24-11(27)8(25-31)5-1-33-15(20)22-5/h1,3,9,13,31H,2,4H2,(H2,20,22)(H2,21,23)(H,24,27)(H,29,30)/b25-8-/t9-,13-/m1/s1. The van der Waals surface area contributed by atoms with Gasteiger partial charge in [-0.05, 0) is 0 Å². The van der Waals surface area contributed by atoms with Crippen LogP contribution in [0.15, 0.2) is 26.5 Å². The molecule has 0 radical (unpaired) electrons. The van der Waals surface area contributed by atoms with E-state index in [9.17, 15) is 33.5 Å². The van der Waals surface area contributed by atoms with Crippen molar-refractivity contribution in [3.63, 3.8) is 0 Å². The maximum absolute atomic E-state index is 14.5.